The standard InChI is InChI=1S/C28H25ClN2O4/c1-19-15-23(8-9-24(19)29)34-13-14-35-26-10-7-20(17-27(26)33-2)16-22(18-30)28(32)31-12-11-21-5-3-4-6-25(21)31/h3-10,15-17H,11-14H2,1-2H3. The van der Waals surface area contributed by atoms with E-state index in [9.17, 15) is 10.1 Å². The number of amides is 1. The Balaban J connectivity index is 1.41. The molecule has 0 radical (unpaired) electrons. The molecule has 3 aromatic rings. The lowest BCUT2D eigenvalue weighted by Gasteiger charge is -2.16. The number of hydrogen-bond donors (Lipinski definition) is 0. The normalized spacial score (nSPS) is 12.6. The van der Waals surface area contributed by atoms with Crippen LogP contribution in [0.25, 0.3) is 6.08 Å². The number of nitrogens with zero attached hydrogens (tertiary/aromatic N) is 2. The molecule has 0 saturated heterocycles. The minimum atomic E-state index is -0.314. The zero-order valence-corrected chi connectivity index (χ0v) is 20.3. The summed E-state index contributed by atoms with van der Waals surface area (Å²) in [4.78, 5) is 14.7. The lowest BCUT2D eigenvalue weighted by atomic mass is 10.1. The van der Waals surface area contributed by atoms with E-state index in [0.717, 1.165) is 29.0 Å². The van der Waals surface area contributed by atoms with Gasteiger partial charge in [0.25, 0.3) is 5.91 Å². The van der Waals surface area contributed by atoms with Crippen molar-refractivity contribution in [3.63, 3.8) is 0 Å². The minimum Gasteiger partial charge on any atom is -0.493 e. The molecule has 1 heterocycles. The van der Waals surface area contributed by atoms with Crippen molar-refractivity contribution in [1.29, 1.82) is 5.26 Å². The Morgan fingerprint density at radius 1 is 1.09 bits per heavy atom. The molecule has 0 N–H and O–H groups in total. The molecule has 0 saturated carbocycles. The largest absolute Gasteiger partial charge is 0.493 e. The lowest BCUT2D eigenvalue weighted by Crippen LogP contribution is -2.29. The van der Waals surface area contributed by atoms with Gasteiger partial charge >= 0.3 is 0 Å². The lowest BCUT2D eigenvalue weighted by molar-refractivity contribution is -0.114. The predicted molar refractivity (Wildman–Crippen MR) is 136 cm³/mol. The van der Waals surface area contributed by atoms with Gasteiger partial charge in [-0.25, -0.2) is 0 Å². The van der Waals surface area contributed by atoms with Crippen molar-refractivity contribution < 1.29 is 19.0 Å². The molecule has 4 rings (SSSR count). The van der Waals surface area contributed by atoms with Gasteiger partial charge in [0.05, 0.1) is 7.11 Å². The summed E-state index contributed by atoms with van der Waals surface area (Å²) in [6, 6.07) is 20.6. The number of para-hydroxylation sites is 1. The van der Waals surface area contributed by atoms with E-state index in [1.54, 1.807) is 42.4 Å². The van der Waals surface area contributed by atoms with Gasteiger partial charge in [0.15, 0.2) is 11.5 Å². The van der Waals surface area contributed by atoms with Crippen LogP contribution < -0.4 is 19.1 Å². The van der Waals surface area contributed by atoms with Crippen LogP contribution in [-0.4, -0.2) is 32.8 Å². The number of ether oxygens (including phenoxy) is 3. The van der Waals surface area contributed by atoms with Crippen LogP contribution in [0.15, 0.2) is 66.2 Å². The Hall–Kier alpha value is -3.95. The van der Waals surface area contributed by atoms with Crippen LogP contribution in [0.1, 0.15) is 16.7 Å². The Kier molecular flexibility index (Phi) is 7.59. The quantitative estimate of drug-likeness (QED) is 0.234. The monoisotopic (exact) mass is 488 g/mol. The smallest absolute Gasteiger partial charge is 0.268 e. The second-order valence-electron chi connectivity index (χ2n) is 8.02. The van der Waals surface area contributed by atoms with Crippen LogP contribution in [0.4, 0.5) is 5.69 Å². The average molecular weight is 489 g/mol. The van der Waals surface area contributed by atoms with Crippen LogP contribution in [0, 0.1) is 18.3 Å². The molecule has 0 unspecified atom stereocenters. The highest BCUT2D eigenvalue weighted by atomic mass is 35.5. The van der Waals surface area contributed by atoms with Crippen LogP contribution >= 0.6 is 11.6 Å². The number of hydrogen-bond acceptors (Lipinski definition) is 5. The number of nitriles is 1. The van der Waals surface area contributed by atoms with Crippen LogP contribution in [0.3, 0.4) is 0 Å². The van der Waals surface area contributed by atoms with Crippen LogP contribution in [0.5, 0.6) is 17.2 Å². The molecule has 1 aliphatic rings. The number of benzene rings is 3. The highest BCUT2D eigenvalue weighted by molar-refractivity contribution is 6.31. The first-order chi connectivity index (χ1) is 17.0. The van der Waals surface area contributed by atoms with Gasteiger partial charge in [0, 0.05) is 17.3 Å². The first-order valence-electron chi connectivity index (χ1n) is 11.2. The predicted octanol–water partition coefficient (Wildman–Crippen LogP) is 5.61. The summed E-state index contributed by atoms with van der Waals surface area (Å²) >= 11 is 6.04. The zero-order chi connectivity index (χ0) is 24.8. The summed E-state index contributed by atoms with van der Waals surface area (Å²) in [5.41, 5.74) is 3.63. The molecule has 1 aliphatic heterocycles. The second-order valence-corrected chi connectivity index (χ2v) is 8.43. The van der Waals surface area contributed by atoms with Crippen molar-refractivity contribution in [2.24, 2.45) is 0 Å². The fraction of sp³-hybridized carbons (Fsp3) is 0.214. The van der Waals surface area contributed by atoms with Gasteiger partial charge < -0.3 is 19.1 Å². The van der Waals surface area contributed by atoms with Gasteiger partial charge in [-0.15, -0.1) is 0 Å². The number of halogens is 1. The van der Waals surface area contributed by atoms with Crippen molar-refractivity contribution in [3.05, 3.63) is 87.9 Å². The Bertz CT molecular complexity index is 1310. The molecular weight excluding hydrogens is 464 g/mol. The van der Waals surface area contributed by atoms with Crippen LogP contribution in [-0.2, 0) is 11.2 Å². The topological polar surface area (TPSA) is 71.8 Å². The van der Waals surface area contributed by atoms with Gasteiger partial charge in [-0.05, 0) is 72.5 Å². The maximum Gasteiger partial charge on any atom is 0.268 e. The number of carbonyl (C=O) groups is 1. The Morgan fingerprint density at radius 2 is 1.89 bits per heavy atom. The summed E-state index contributed by atoms with van der Waals surface area (Å²) in [7, 11) is 1.54. The van der Waals surface area contributed by atoms with Crippen molar-refractivity contribution in [1.82, 2.24) is 0 Å². The molecule has 0 fully saturated rings. The van der Waals surface area contributed by atoms with Crippen molar-refractivity contribution in [2.45, 2.75) is 13.3 Å². The minimum absolute atomic E-state index is 0.0593. The molecule has 0 aliphatic carbocycles. The molecule has 7 heteroatoms. The summed E-state index contributed by atoms with van der Waals surface area (Å²) in [6.45, 7) is 3.13. The van der Waals surface area contributed by atoms with Crippen molar-refractivity contribution in [2.75, 3.05) is 31.8 Å². The van der Waals surface area contributed by atoms with E-state index in [4.69, 9.17) is 25.8 Å². The number of fused-ring (bicyclic) bond motifs is 1. The summed E-state index contributed by atoms with van der Waals surface area (Å²) in [5, 5.41) is 10.4. The molecule has 0 spiro atoms. The van der Waals surface area contributed by atoms with Crippen molar-refractivity contribution in [3.8, 4) is 23.3 Å². The number of methoxy groups -OCH3 is 1. The zero-order valence-electron chi connectivity index (χ0n) is 19.6. The Labute approximate surface area is 209 Å². The van der Waals surface area contributed by atoms with E-state index in [-0.39, 0.29) is 11.5 Å². The van der Waals surface area contributed by atoms with E-state index in [1.807, 2.05) is 49.4 Å². The molecule has 35 heavy (non-hydrogen) atoms. The van der Waals surface area contributed by atoms with E-state index in [0.29, 0.717) is 41.8 Å². The molecule has 6 nitrogen and oxygen atoms in total. The third-order valence-electron chi connectivity index (χ3n) is 5.72. The molecule has 1 amide bonds. The number of carbonyl (C=O) groups excluding carboxylic acids is 1. The van der Waals surface area contributed by atoms with E-state index in [1.165, 1.54) is 0 Å². The number of anilines is 1. The summed E-state index contributed by atoms with van der Waals surface area (Å²) in [5.74, 6) is 1.44. The van der Waals surface area contributed by atoms with Crippen molar-refractivity contribution >= 4 is 29.3 Å². The molecule has 0 bridgehead atoms. The van der Waals surface area contributed by atoms with E-state index >= 15 is 0 Å². The Morgan fingerprint density at radius 3 is 2.66 bits per heavy atom. The molecule has 0 atom stereocenters. The fourth-order valence-corrected chi connectivity index (χ4v) is 4.03. The highest BCUT2D eigenvalue weighted by Crippen LogP contribution is 2.31. The van der Waals surface area contributed by atoms with Gasteiger partial charge in [0.2, 0.25) is 0 Å². The summed E-state index contributed by atoms with van der Waals surface area (Å²) < 4.78 is 17.0. The number of rotatable bonds is 8. The summed E-state index contributed by atoms with van der Waals surface area (Å²) in [6.07, 6.45) is 2.35. The molecule has 0 aromatic heterocycles. The third kappa shape index (κ3) is 5.59. The van der Waals surface area contributed by atoms with Gasteiger partial charge in [0.1, 0.15) is 30.6 Å². The third-order valence-corrected chi connectivity index (χ3v) is 6.14. The highest BCUT2D eigenvalue weighted by Gasteiger charge is 2.26. The average Bonchev–Trinajstić information content (AvgIpc) is 3.31. The molecular formula is C28H25ClN2O4. The van der Waals surface area contributed by atoms with E-state index in [2.05, 4.69) is 0 Å². The van der Waals surface area contributed by atoms with Crippen LogP contribution in [0.2, 0.25) is 5.02 Å². The molecule has 3 aromatic carbocycles. The van der Waals surface area contributed by atoms with Gasteiger partial charge in [-0.3, -0.25) is 4.79 Å². The fourth-order valence-electron chi connectivity index (χ4n) is 3.91. The van der Waals surface area contributed by atoms with Gasteiger partial charge in [-0.2, -0.15) is 5.26 Å². The second kappa shape index (κ2) is 11.0. The first-order valence-corrected chi connectivity index (χ1v) is 11.6. The SMILES string of the molecule is COc1cc(C=C(C#N)C(=O)N2CCc3ccccc32)ccc1OCCOc1ccc(Cl)c(C)c1. The van der Waals surface area contributed by atoms with Gasteiger partial charge in [-0.1, -0.05) is 35.9 Å². The number of aryl methyl sites for hydroxylation is 1. The molecule has 178 valence electrons. The van der Waals surface area contributed by atoms with E-state index < -0.39 is 0 Å². The maximum absolute atomic E-state index is 13.1. The maximum atomic E-state index is 13.1. The first kappa shape index (κ1) is 24.2.